The third kappa shape index (κ3) is 1.29. The Hall–Kier alpha value is -1.10. The first kappa shape index (κ1) is 8.50. The fourth-order valence-corrected chi connectivity index (χ4v) is 2.11. The first-order chi connectivity index (χ1) is 6.20. The summed E-state index contributed by atoms with van der Waals surface area (Å²) in [4.78, 5) is 23.9. The van der Waals surface area contributed by atoms with Crippen molar-refractivity contribution in [3.63, 3.8) is 0 Å². The van der Waals surface area contributed by atoms with Gasteiger partial charge in [-0.3, -0.25) is 14.5 Å². The first-order valence-corrected chi connectivity index (χ1v) is 4.46. The van der Waals surface area contributed by atoms with E-state index in [1.54, 1.807) is 4.90 Å². The van der Waals surface area contributed by atoms with Crippen LogP contribution in [0.2, 0.25) is 0 Å². The molecule has 2 N–H and O–H groups in total. The topological polar surface area (TPSA) is 69.6 Å². The maximum absolute atomic E-state index is 11.3. The molecule has 5 nitrogen and oxygen atoms in total. The molecule has 1 amide bonds. The number of rotatable bonds is 1. The van der Waals surface area contributed by atoms with Gasteiger partial charge in [-0.2, -0.15) is 0 Å². The summed E-state index contributed by atoms with van der Waals surface area (Å²) in [6.07, 6.45) is 1.71. The third-order valence-corrected chi connectivity index (χ3v) is 2.75. The van der Waals surface area contributed by atoms with E-state index in [1.165, 1.54) is 0 Å². The molecular formula is C8H12N2O3. The number of aliphatic carboxylic acids is 1. The number of fused-ring (bicyclic) bond motifs is 1. The van der Waals surface area contributed by atoms with E-state index < -0.39 is 12.0 Å². The van der Waals surface area contributed by atoms with Crippen LogP contribution in [0.1, 0.15) is 12.8 Å². The van der Waals surface area contributed by atoms with E-state index in [4.69, 9.17) is 5.11 Å². The highest BCUT2D eigenvalue weighted by atomic mass is 16.4. The van der Waals surface area contributed by atoms with E-state index in [0.29, 0.717) is 0 Å². The molecule has 2 aliphatic rings. The van der Waals surface area contributed by atoms with Gasteiger partial charge in [0.2, 0.25) is 5.91 Å². The first-order valence-electron chi connectivity index (χ1n) is 4.46. The van der Waals surface area contributed by atoms with Gasteiger partial charge in [-0.1, -0.05) is 0 Å². The lowest BCUT2D eigenvalue weighted by Gasteiger charge is -2.34. The number of nitrogens with one attached hydrogen (secondary N) is 1. The van der Waals surface area contributed by atoms with E-state index in [9.17, 15) is 9.59 Å². The summed E-state index contributed by atoms with van der Waals surface area (Å²) < 4.78 is 0. The van der Waals surface area contributed by atoms with Gasteiger partial charge in [0.05, 0.1) is 6.04 Å². The van der Waals surface area contributed by atoms with Crippen molar-refractivity contribution in [1.29, 1.82) is 0 Å². The van der Waals surface area contributed by atoms with E-state index in [0.717, 1.165) is 19.4 Å². The van der Waals surface area contributed by atoms with E-state index in [1.807, 2.05) is 0 Å². The summed E-state index contributed by atoms with van der Waals surface area (Å²) in [5.41, 5.74) is 0. The van der Waals surface area contributed by atoms with Crippen LogP contribution in [0.4, 0.5) is 0 Å². The molecule has 0 spiro atoms. The number of carboxylic acid groups (broad SMARTS) is 1. The molecule has 2 unspecified atom stereocenters. The van der Waals surface area contributed by atoms with Crippen LogP contribution in [-0.2, 0) is 9.59 Å². The highest BCUT2D eigenvalue weighted by Crippen LogP contribution is 2.22. The van der Waals surface area contributed by atoms with Crippen LogP contribution in [0.5, 0.6) is 0 Å². The Morgan fingerprint density at radius 3 is 3.08 bits per heavy atom. The monoisotopic (exact) mass is 184 g/mol. The molecule has 72 valence electrons. The second-order valence-electron chi connectivity index (χ2n) is 3.50. The van der Waals surface area contributed by atoms with Crippen LogP contribution >= 0.6 is 0 Å². The molecule has 0 bridgehead atoms. The minimum Gasteiger partial charge on any atom is -0.480 e. The molecule has 0 saturated carbocycles. The lowest BCUT2D eigenvalue weighted by Crippen LogP contribution is -2.60. The average molecular weight is 184 g/mol. The van der Waals surface area contributed by atoms with Gasteiger partial charge in [0.25, 0.3) is 0 Å². The van der Waals surface area contributed by atoms with Crippen molar-refractivity contribution in [1.82, 2.24) is 10.2 Å². The van der Waals surface area contributed by atoms with Crippen molar-refractivity contribution in [3.05, 3.63) is 0 Å². The minimum absolute atomic E-state index is 0.0185. The van der Waals surface area contributed by atoms with Crippen LogP contribution in [0.3, 0.4) is 0 Å². The van der Waals surface area contributed by atoms with Gasteiger partial charge in [0.15, 0.2) is 0 Å². The minimum atomic E-state index is -0.841. The average Bonchev–Trinajstić information content (AvgIpc) is 2.53. The van der Waals surface area contributed by atoms with Crippen molar-refractivity contribution in [2.45, 2.75) is 24.9 Å². The molecule has 2 fully saturated rings. The van der Waals surface area contributed by atoms with Gasteiger partial charge in [0.1, 0.15) is 6.04 Å². The van der Waals surface area contributed by atoms with Gasteiger partial charge >= 0.3 is 5.97 Å². The molecule has 0 aliphatic carbocycles. The molecule has 2 saturated heterocycles. The number of carbonyl (C=O) groups is 2. The molecule has 2 atom stereocenters. The molecule has 0 aromatic carbocycles. The summed E-state index contributed by atoms with van der Waals surface area (Å²) in [5.74, 6) is -0.859. The third-order valence-electron chi connectivity index (χ3n) is 2.75. The molecule has 2 aliphatic heterocycles. The Labute approximate surface area is 75.7 Å². The number of nitrogens with zero attached hydrogens (tertiary/aromatic N) is 1. The second kappa shape index (κ2) is 2.99. The zero-order chi connectivity index (χ0) is 9.42. The fourth-order valence-electron chi connectivity index (χ4n) is 2.11. The molecular weight excluding hydrogens is 172 g/mol. The largest absolute Gasteiger partial charge is 0.480 e. The second-order valence-corrected chi connectivity index (χ2v) is 3.50. The number of amides is 1. The lowest BCUT2D eigenvalue weighted by molar-refractivity contribution is -0.147. The summed E-state index contributed by atoms with van der Waals surface area (Å²) in [5, 5.41) is 11.5. The highest BCUT2D eigenvalue weighted by Gasteiger charge is 2.42. The van der Waals surface area contributed by atoms with Crippen LogP contribution in [0.15, 0.2) is 0 Å². The molecule has 0 radical (unpaired) electrons. The summed E-state index contributed by atoms with van der Waals surface area (Å²) >= 11 is 0. The summed E-state index contributed by atoms with van der Waals surface area (Å²) in [7, 11) is 0. The number of piperazine rings is 1. The van der Waals surface area contributed by atoms with Crippen LogP contribution < -0.4 is 5.32 Å². The molecule has 0 aromatic rings. The van der Waals surface area contributed by atoms with Crippen LogP contribution in [0.25, 0.3) is 0 Å². The predicted octanol–water partition coefficient (Wildman–Crippen LogP) is -0.966. The van der Waals surface area contributed by atoms with Gasteiger partial charge in [0, 0.05) is 6.54 Å². The van der Waals surface area contributed by atoms with E-state index >= 15 is 0 Å². The van der Waals surface area contributed by atoms with Gasteiger partial charge in [-0.05, 0) is 19.4 Å². The maximum Gasteiger partial charge on any atom is 0.322 e. The van der Waals surface area contributed by atoms with Crippen molar-refractivity contribution in [2.24, 2.45) is 0 Å². The maximum atomic E-state index is 11.3. The summed E-state index contributed by atoms with van der Waals surface area (Å²) in [6, 6.07) is -0.722. The molecule has 0 aromatic heterocycles. The van der Waals surface area contributed by atoms with Crippen LogP contribution in [0, 0.1) is 0 Å². The molecule has 2 rings (SSSR count). The van der Waals surface area contributed by atoms with Crippen molar-refractivity contribution in [3.8, 4) is 0 Å². The van der Waals surface area contributed by atoms with Crippen molar-refractivity contribution in [2.75, 3.05) is 13.1 Å². The Morgan fingerprint density at radius 2 is 2.38 bits per heavy atom. The quantitative estimate of drug-likeness (QED) is 0.550. The van der Waals surface area contributed by atoms with E-state index in [2.05, 4.69) is 5.32 Å². The van der Waals surface area contributed by atoms with Gasteiger partial charge in [-0.25, -0.2) is 0 Å². The zero-order valence-corrected chi connectivity index (χ0v) is 7.19. The standard InChI is InChI=1S/C8H12N2O3/c11-7-5-2-1-3-10(5)6(4-9-7)8(12)13/h5-6H,1-4H2,(H,9,11)(H,12,13). The predicted molar refractivity (Wildman–Crippen MR) is 44.2 cm³/mol. The Kier molecular flexibility index (Phi) is 1.95. The lowest BCUT2D eigenvalue weighted by atomic mass is 10.1. The Balaban J connectivity index is 2.17. The fraction of sp³-hybridized carbons (Fsp3) is 0.750. The van der Waals surface area contributed by atoms with E-state index in [-0.39, 0.29) is 18.5 Å². The highest BCUT2D eigenvalue weighted by molar-refractivity contribution is 5.86. The number of hydrogen-bond donors (Lipinski definition) is 2. The van der Waals surface area contributed by atoms with Crippen molar-refractivity contribution < 1.29 is 14.7 Å². The molecule has 2 heterocycles. The molecule has 5 heteroatoms. The number of carbonyl (C=O) groups excluding carboxylic acids is 1. The van der Waals surface area contributed by atoms with Gasteiger partial charge in [-0.15, -0.1) is 0 Å². The van der Waals surface area contributed by atoms with Crippen molar-refractivity contribution >= 4 is 11.9 Å². The van der Waals surface area contributed by atoms with Gasteiger partial charge < -0.3 is 10.4 Å². The molecule has 13 heavy (non-hydrogen) atoms. The number of carboxylic acids is 1. The number of hydrogen-bond acceptors (Lipinski definition) is 3. The Morgan fingerprint density at radius 1 is 1.62 bits per heavy atom. The van der Waals surface area contributed by atoms with Crippen LogP contribution in [-0.4, -0.2) is 47.1 Å². The Bertz CT molecular complexity index is 254. The zero-order valence-electron chi connectivity index (χ0n) is 7.19. The SMILES string of the molecule is O=C(O)C1CNC(=O)C2CCCN12. The summed E-state index contributed by atoms with van der Waals surface area (Å²) in [6.45, 7) is 0.972. The smallest absolute Gasteiger partial charge is 0.322 e. The normalized spacial score (nSPS) is 34.0.